The van der Waals surface area contributed by atoms with Crippen LogP contribution >= 0.6 is 0 Å². The molecule has 1 aromatic heterocycles. The maximum Gasteiger partial charge on any atom is 0.143 e. The first-order chi connectivity index (χ1) is 32.5. The monoisotopic (exact) mass is 843 g/mol. The number of hydrogen-bond donors (Lipinski definition) is 0. The van der Waals surface area contributed by atoms with E-state index < -0.39 is 5.41 Å². The fourth-order valence-electron chi connectivity index (χ4n) is 11.5. The zero-order chi connectivity index (χ0) is 44.0. The molecule has 312 valence electrons. The van der Waals surface area contributed by atoms with Gasteiger partial charge in [0, 0.05) is 38.7 Å². The molecule has 1 atom stereocenters. The minimum absolute atomic E-state index is 0.152. The summed E-state index contributed by atoms with van der Waals surface area (Å²) in [6, 6.07) is 87.1. The van der Waals surface area contributed by atoms with Gasteiger partial charge in [0.25, 0.3) is 0 Å². The molecule has 1 heterocycles. The summed E-state index contributed by atoms with van der Waals surface area (Å²) in [4.78, 5) is 2.50. The Morgan fingerprint density at radius 3 is 1.73 bits per heavy atom. The number of fused-ring (bicyclic) bond motifs is 9. The highest BCUT2D eigenvalue weighted by atomic mass is 16.3. The summed E-state index contributed by atoms with van der Waals surface area (Å²) in [5.41, 5.74) is 21.9. The molecule has 0 amide bonds. The van der Waals surface area contributed by atoms with Gasteiger partial charge in [0.05, 0.1) is 11.1 Å². The molecule has 66 heavy (non-hydrogen) atoms. The van der Waals surface area contributed by atoms with Crippen molar-refractivity contribution in [3.05, 3.63) is 270 Å². The van der Waals surface area contributed by atoms with E-state index in [0.29, 0.717) is 0 Å². The molecular formula is C64H45NO. The van der Waals surface area contributed by atoms with Crippen LogP contribution in [0.4, 0.5) is 17.1 Å². The van der Waals surface area contributed by atoms with Crippen LogP contribution in [0.25, 0.3) is 66.4 Å². The quantitative estimate of drug-likeness (QED) is 0.159. The van der Waals surface area contributed by atoms with Gasteiger partial charge in [-0.25, -0.2) is 0 Å². The molecule has 0 spiro atoms. The highest BCUT2D eigenvalue weighted by molar-refractivity contribution is 6.09. The molecule has 0 fully saturated rings. The molecule has 0 saturated heterocycles. The van der Waals surface area contributed by atoms with E-state index in [9.17, 15) is 0 Å². The van der Waals surface area contributed by atoms with E-state index in [4.69, 9.17) is 4.42 Å². The third-order valence-corrected chi connectivity index (χ3v) is 14.6. The maximum atomic E-state index is 6.54. The van der Waals surface area contributed by atoms with Gasteiger partial charge in [0.2, 0.25) is 0 Å². The van der Waals surface area contributed by atoms with Crippen LogP contribution in [-0.4, -0.2) is 0 Å². The first-order valence-corrected chi connectivity index (χ1v) is 23.0. The second kappa shape index (κ2) is 14.7. The molecule has 2 aliphatic rings. The summed E-state index contributed by atoms with van der Waals surface area (Å²) < 4.78 is 6.54. The molecule has 0 saturated carbocycles. The number of anilines is 3. The minimum Gasteiger partial charge on any atom is -0.455 e. The Morgan fingerprint density at radius 1 is 0.364 bits per heavy atom. The summed E-state index contributed by atoms with van der Waals surface area (Å²) >= 11 is 0. The van der Waals surface area contributed by atoms with Gasteiger partial charge in [0.15, 0.2) is 0 Å². The third kappa shape index (κ3) is 5.55. The minimum atomic E-state index is -0.600. The van der Waals surface area contributed by atoms with Crippen LogP contribution in [-0.2, 0) is 10.8 Å². The SMILES string of the molecule is CC1(C)c2ccccc2-c2ccc(N(c3ccc(-c4ccccc4)cc3)c3cccc4c3-c3ccccc3C4(c3ccccc3)c3ccc(-c4cccc5c4oc4ccccc45)cc3)cc21. The van der Waals surface area contributed by atoms with E-state index in [1.807, 2.05) is 6.07 Å². The average molecular weight is 844 g/mol. The number of nitrogens with zero attached hydrogens (tertiary/aromatic N) is 1. The molecule has 2 aliphatic carbocycles. The summed E-state index contributed by atoms with van der Waals surface area (Å²) in [6.45, 7) is 4.74. The second-order valence-corrected chi connectivity index (χ2v) is 18.4. The largest absolute Gasteiger partial charge is 0.455 e. The molecular weight excluding hydrogens is 799 g/mol. The number of para-hydroxylation sites is 2. The van der Waals surface area contributed by atoms with Crippen LogP contribution in [0.3, 0.4) is 0 Å². The van der Waals surface area contributed by atoms with Crippen LogP contribution in [0.1, 0.15) is 47.2 Å². The standard InChI is InChI=1S/C64H45NO/c1-63(2)55-26-12-9-21-50(55)51-40-39-48(41-58(51)63)65(47-37-33-43(34-38-47)42-17-5-3-6-18-42)59-29-16-28-57-61(59)54-23-10-13-27-56(54)64(57,45-19-7-4-8-20-45)46-35-31-44(32-36-46)49-24-15-25-53-52-22-11-14-30-60(52)66-62(49)53/h3-41H,1-2H3. The number of hydrogen-bond acceptors (Lipinski definition) is 2. The highest BCUT2D eigenvalue weighted by Crippen LogP contribution is 2.60. The van der Waals surface area contributed by atoms with Crippen molar-refractivity contribution in [2.24, 2.45) is 0 Å². The molecule has 0 bridgehead atoms. The van der Waals surface area contributed by atoms with Gasteiger partial charge in [-0.1, -0.05) is 214 Å². The fraction of sp³-hybridized carbons (Fsp3) is 0.0625. The van der Waals surface area contributed by atoms with Crippen molar-refractivity contribution in [2.45, 2.75) is 24.7 Å². The lowest BCUT2D eigenvalue weighted by Crippen LogP contribution is -2.28. The van der Waals surface area contributed by atoms with Crippen LogP contribution in [0.2, 0.25) is 0 Å². The Balaban J connectivity index is 1.03. The maximum absolute atomic E-state index is 6.54. The van der Waals surface area contributed by atoms with Crippen molar-refractivity contribution < 1.29 is 4.42 Å². The van der Waals surface area contributed by atoms with Crippen LogP contribution in [0.15, 0.2) is 241 Å². The lowest BCUT2D eigenvalue weighted by molar-refractivity contribution is 0.660. The third-order valence-electron chi connectivity index (χ3n) is 14.6. The number of furan rings is 1. The van der Waals surface area contributed by atoms with Gasteiger partial charge < -0.3 is 9.32 Å². The molecule has 0 N–H and O–H groups in total. The summed E-state index contributed by atoms with van der Waals surface area (Å²) in [6.07, 6.45) is 0. The van der Waals surface area contributed by atoms with Gasteiger partial charge in [-0.05, 0) is 103 Å². The van der Waals surface area contributed by atoms with Crippen LogP contribution in [0, 0.1) is 0 Å². The first kappa shape index (κ1) is 38.3. The number of rotatable bonds is 7. The smallest absolute Gasteiger partial charge is 0.143 e. The van der Waals surface area contributed by atoms with E-state index in [1.54, 1.807) is 0 Å². The van der Waals surface area contributed by atoms with E-state index in [2.05, 4.69) is 249 Å². The van der Waals surface area contributed by atoms with Crippen molar-refractivity contribution in [3.8, 4) is 44.5 Å². The van der Waals surface area contributed by atoms with E-state index in [0.717, 1.165) is 50.1 Å². The summed E-state index contributed by atoms with van der Waals surface area (Å²) in [5.74, 6) is 0. The molecule has 0 radical (unpaired) electrons. The van der Waals surface area contributed by atoms with Crippen molar-refractivity contribution >= 4 is 39.0 Å². The molecule has 2 heteroatoms. The Bertz CT molecular complexity index is 3660. The van der Waals surface area contributed by atoms with Crippen molar-refractivity contribution in [3.63, 3.8) is 0 Å². The van der Waals surface area contributed by atoms with Gasteiger partial charge in [-0.3, -0.25) is 0 Å². The second-order valence-electron chi connectivity index (χ2n) is 18.4. The normalized spacial score (nSPS) is 15.3. The Labute approximate surface area is 385 Å². The fourth-order valence-corrected chi connectivity index (χ4v) is 11.5. The van der Waals surface area contributed by atoms with Gasteiger partial charge in [-0.2, -0.15) is 0 Å². The molecule has 10 aromatic carbocycles. The van der Waals surface area contributed by atoms with E-state index in [-0.39, 0.29) is 5.41 Å². The lowest BCUT2D eigenvalue weighted by Gasteiger charge is -2.34. The van der Waals surface area contributed by atoms with Crippen molar-refractivity contribution in [1.82, 2.24) is 0 Å². The summed E-state index contributed by atoms with van der Waals surface area (Å²) in [5, 5.41) is 2.27. The predicted molar refractivity (Wildman–Crippen MR) is 274 cm³/mol. The van der Waals surface area contributed by atoms with Crippen molar-refractivity contribution in [2.75, 3.05) is 4.90 Å². The summed E-state index contributed by atoms with van der Waals surface area (Å²) in [7, 11) is 0. The van der Waals surface area contributed by atoms with Crippen molar-refractivity contribution in [1.29, 1.82) is 0 Å². The Hall–Kier alpha value is -8.20. The topological polar surface area (TPSA) is 16.4 Å². The molecule has 1 unspecified atom stereocenters. The highest BCUT2D eigenvalue weighted by Gasteiger charge is 2.47. The van der Waals surface area contributed by atoms with Gasteiger partial charge in [0.1, 0.15) is 11.2 Å². The first-order valence-electron chi connectivity index (χ1n) is 23.0. The Kier molecular flexibility index (Phi) is 8.51. The predicted octanol–water partition coefficient (Wildman–Crippen LogP) is 17.1. The molecule has 2 nitrogen and oxygen atoms in total. The molecule has 0 aliphatic heterocycles. The number of benzene rings is 10. The molecule has 11 aromatic rings. The van der Waals surface area contributed by atoms with Crippen LogP contribution in [0.5, 0.6) is 0 Å². The van der Waals surface area contributed by atoms with E-state index >= 15 is 0 Å². The zero-order valence-corrected chi connectivity index (χ0v) is 36.9. The van der Waals surface area contributed by atoms with Crippen LogP contribution < -0.4 is 4.90 Å². The lowest BCUT2D eigenvalue weighted by atomic mass is 9.67. The Morgan fingerprint density at radius 2 is 0.924 bits per heavy atom. The van der Waals surface area contributed by atoms with E-state index in [1.165, 1.54) is 66.8 Å². The molecule has 13 rings (SSSR count). The van der Waals surface area contributed by atoms with Gasteiger partial charge >= 0.3 is 0 Å². The average Bonchev–Trinajstić information content (AvgIpc) is 3.99. The zero-order valence-electron chi connectivity index (χ0n) is 36.9. The van der Waals surface area contributed by atoms with Gasteiger partial charge in [-0.15, -0.1) is 0 Å².